The molecular weight excluding hydrogens is 460 g/mol. The van der Waals surface area contributed by atoms with E-state index in [0.29, 0.717) is 26.4 Å². The molecule has 0 unspecified atom stereocenters. The van der Waals surface area contributed by atoms with Crippen molar-refractivity contribution in [2.45, 2.75) is 38.1 Å². The van der Waals surface area contributed by atoms with Crippen LogP contribution in [0, 0.1) is 0 Å². The largest absolute Gasteiger partial charge is 0.485 e. The molecule has 4 nitrogen and oxygen atoms in total. The van der Waals surface area contributed by atoms with Crippen LogP contribution in [0.1, 0.15) is 22.3 Å². The van der Waals surface area contributed by atoms with Crippen molar-refractivity contribution in [3.63, 3.8) is 0 Å². The van der Waals surface area contributed by atoms with E-state index in [4.69, 9.17) is 18.9 Å². The second-order valence-corrected chi connectivity index (χ2v) is 9.08. The molecule has 0 radical (unpaired) electrons. The molecule has 0 aliphatic carbocycles. The Kier molecular flexibility index (Phi) is 8.79. The first-order valence-electron chi connectivity index (χ1n) is 12.7. The molecule has 3 atom stereocenters. The third kappa shape index (κ3) is 7.17. The van der Waals surface area contributed by atoms with E-state index in [9.17, 15) is 0 Å². The van der Waals surface area contributed by atoms with Gasteiger partial charge in [-0.2, -0.15) is 0 Å². The molecule has 4 aromatic carbocycles. The van der Waals surface area contributed by atoms with Crippen LogP contribution >= 0.6 is 0 Å². The molecule has 4 aromatic rings. The third-order valence-corrected chi connectivity index (χ3v) is 6.31. The van der Waals surface area contributed by atoms with E-state index in [2.05, 4.69) is 36.4 Å². The molecule has 4 heteroatoms. The van der Waals surface area contributed by atoms with E-state index >= 15 is 0 Å². The van der Waals surface area contributed by atoms with Gasteiger partial charge in [0.1, 0.15) is 18.0 Å². The van der Waals surface area contributed by atoms with Gasteiger partial charge in [0, 0.05) is 5.56 Å². The summed E-state index contributed by atoms with van der Waals surface area (Å²) in [5, 5.41) is 0. The van der Waals surface area contributed by atoms with Gasteiger partial charge in [-0.25, -0.2) is 0 Å². The minimum absolute atomic E-state index is 0.307. The summed E-state index contributed by atoms with van der Waals surface area (Å²) in [6, 6.07) is 40.7. The summed E-state index contributed by atoms with van der Waals surface area (Å²) < 4.78 is 25.6. The van der Waals surface area contributed by atoms with Crippen LogP contribution in [0.25, 0.3) is 5.76 Å². The average Bonchev–Trinajstić information content (AvgIpc) is 2.97. The van der Waals surface area contributed by atoms with Gasteiger partial charge in [-0.3, -0.25) is 0 Å². The van der Waals surface area contributed by atoms with Gasteiger partial charge >= 0.3 is 0 Å². The van der Waals surface area contributed by atoms with E-state index in [1.807, 2.05) is 91.0 Å². The summed E-state index contributed by atoms with van der Waals surface area (Å²) in [5.74, 6) is 0.784. The van der Waals surface area contributed by atoms with Crippen molar-refractivity contribution in [1.29, 1.82) is 0 Å². The number of benzene rings is 4. The van der Waals surface area contributed by atoms with Crippen LogP contribution in [0.15, 0.2) is 127 Å². The standard InChI is InChI=1S/C33H32O4/c1-5-13-26(14-6-1)22-34-25-32-33(36-24-28-17-9-3-10-18-28)31(35-23-27-15-7-2-8-16-27)21-30(37-32)29-19-11-4-12-20-29/h1-21,31-33H,22-25H2/t31-,32+,33+/m1/s1. The lowest BCUT2D eigenvalue weighted by atomic mass is 10.0. The summed E-state index contributed by atoms with van der Waals surface area (Å²) in [6.45, 7) is 1.83. The highest BCUT2D eigenvalue weighted by atomic mass is 16.6. The predicted octanol–water partition coefficient (Wildman–Crippen LogP) is 6.81. The SMILES string of the molecule is C1=C(c2ccccc2)O[C@@H](COCc2ccccc2)[C@@H](OCc2ccccc2)[C@@H]1OCc1ccccc1. The Labute approximate surface area is 219 Å². The molecule has 0 spiro atoms. The Morgan fingerprint density at radius 2 is 1.03 bits per heavy atom. The van der Waals surface area contributed by atoms with Crippen molar-refractivity contribution in [3.05, 3.63) is 150 Å². The van der Waals surface area contributed by atoms with Crippen LogP contribution in [-0.4, -0.2) is 24.9 Å². The lowest BCUT2D eigenvalue weighted by molar-refractivity contribution is -0.141. The Hall–Kier alpha value is -3.70. The molecule has 0 amide bonds. The zero-order valence-corrected chi connectivity index (χ0v) is 20.8. The summed E-state index contributed by atoms with van der Waals surface area (Å²) in [7, 11) is 0. The molecule has 5 rings (SSSR count). The molecule has 1 heterocycles. The smallest absolute Gasteiger partial charge is 0.151 e. The predicted molar refractivity (Wildman–Crippen MR) is 145 cm³/mol. The topological polar surface area (TPSA) is 36.9 Å². The van der Waals surface area contributed by atoms with E-state index in [1.165, 1.54) is 0 Å². The summed E-state index contributed by atoms with van der Waals surface area (Å²) in [4.78, 5) is 0. The summed E-state index contributed by atoms with van der Waals surface area (Å²) in [5.41, 5.74) is 4.34. The molecule has 0 saturated heterocycles. The van der Waals surface area contributed by atoms with E-state index < -0.39 is 0 Å². The lowest BCUT2D eigenvalue weighted by Gasteiger charge is -2.37. The Balaban J connectivity index is 1.38. The summed E-state index contributed by atoms with van der Waals surface area (Å²) in [6.07, 6.45) is 1.06. The number of rotatable bonds is 11. The van der Waals surface area contributed by atoms with Gasteiger partial charge in [0.05, 0.1) is 26.4 Å². The Morgan fingerprint density at radius 1 is 0.541 bits per heavy atom. The van der Waals surface area contributed by atoms with Gasteiger partial charge in [-0.15, -0.1) is 0 Å². The van der Waals surface area contributed by atoms with Crippen molar-refractivity contribution in [3.8, 4) is 0 Å². The van der Waals surface area contributed by atoms with Gasteiger partial charge in [-0.05, 0) is 22.8 Å². The fourth-order valence-corrected chi connectivity index (χ4v) is 4.37. The minimum Gasteiger partial charge on any atom is -0.485 e. The van der Waals surface area contributed by atoms with Crippen LogP contribution in [0.5, 0.6) is 0 Å². The number of ether oxygens (including phenoxy) is 4. The fourth-order valence-electron chi connectivity index (χ4n) is 4.37. The first-order chi connectivity index (χ1) is 18.3. The minimum atomic E-state index is -0.341. The molecule has 0 bridgehead atoms. The van der Waals surface area contributed by atoms with Crippen molar-refractivity contribution in [2.24, 2.45) is 0 Å². The van der Waals surface area contributed by atoms with Gasteiger partial charge in [0.25, 0.3) is 0 Å². The van der Waals surface area contributed by atoms with Crippen LogP contribution in [0.3, 0.4) is 0 Å². The Bertz CT molecular complexity index is 1230. The molecule has 188 valence electrons. The lowest BCUT2D eigenvalue weighted by Crippen LogP contribution is -2.46. The van der Waals surface area contributed by atoms with Crippen LogP contribution in [0.4, 0.5) is 0 Å². The third-order valence-electron chi connectivity index (χ3n) is 6.31. The number of hydrogen-bond donors (Lipinski definition) is 0. The first-order valence-corrected chi connectivity index (χ1v) is 12.7. The maximum Gasteiger partial charge on any atom is 0.151 e. The number of hydrogen-bond acceptors (Lipinski definition) is 4. The van der Waals surface area contributed by atoms with Crippen LogP contribution in [0.2, 0.25) is 0 Å². The molecule has 0 saturated carbocycles. The zero-order chi connectivity index (χ0) is 25.1. The van der Waals surface area contributed by atoms with Crippen molar-refractivity contribution < 1.29 is 18.9 Å². The molecule has 1 aliphatic heterocycles. The maximum absolute atomic E-state index is 6.52. The van der Waals surface area contributed by atoms with Crippen molar-refractivity contribution >= 4 is 5.76 Å². The molecule has 0 aromatic heterocycles. The van der Waals surface area contributed by atoms with Gasteiger partial charge < -0.3 is 18.9 Å². The highest BCUT2D eigenvalue weighted by Crippen LogP contribution is 2.30. The molecule has 0 fully saturated rings. The monoisotopic (exact) mass is 492 g/mol. The van der Waals surface area contributed by atoms with Crippen molar-refractivity contribution in [2.75, 3.05) is 6.61 Å². The first kappa shape index (κ1) is 25.0. The molecule has 37 heavy (non-hydrogen) atoms. The van der Waals surface area contributed by atoms with E-state index in [-0.39, 0.29) is 18.3 Å². The van der Waals surface area contributed by atoms with Crippen LogP contribution < -0.4 is 0 Å². The quantitative estimate of drug-likeness (QED) is 0.230. The molecular formula is C33H32O4. The summed E-state index contributed by atoms with van der Waals surface area (Å²) >= 11 is 0. The highest BCUT2D eigenvalue weighted by Gasteiger charge is 2.37. The fraction of sp³-hybridized carbons (Fsp3) is 0.212. The molecule has 0 N–H and O–H groups in total. The van der Waals surface area contributed by atoms with Crippen molar-refractivity contribution in [1.82, 2.24) is 0 Å². The zero-order valence-electron chi connectivity index (χ0n) is 20.8. The maximum atomic E-state index is 6.52. The molecule has 1 aliphatic rings. The second-order valence-electron chi connectivity index (χ2n) is 9.08. The average molecular weight is 493 g/mol. The van der Waals surface area contributed by atoms with Gasteiger partial charge in [0.2, 0.25) is 0 Å². The van der Waals surface area contributed by atoms with E-state index in [0.717, 1.165) is 28.0 Å². The van der Waals surface area contributed by atoms with Gasteiger partial charge in [0.15, 0.2) is 6.10 Å². The second kappa shape index (κ2) is 13.0. The normalized spacial score (nSPS) is 19.1. The highest BCUT2D eigenvalue weighted by molar-refractivity contribution is 5.61. The van der Waals surface area contributed by atoms with Gasteiger partial charge in [-0.1, -0.05) is 121 Å². The Morgan fingerprint density at radius 3 is 1.59 bits per heavy atom. The van der Waals surface area contributed by atoms with E-state index in [1.54, 1.807) is 0 Å². The van der Waals surface area contributed by atoms with Crippen LogP contribution in [-0.2, 0) is 38.8 Å².